The third kappa shape index (κ3) is 8.61. The summed E-state index contributed by atoms with van der Waals surface area (Å²) in [6.07, 6.45) is -2.46. The highest BCUT2D eigenvalue weighted by Gasteiger charge is 2.34. The SMILES string of the molecule is CC(C)C(NC(=O)[C@H](C)NC(=O)C(N)C(N)CCC(O)C(O)CC1CN=C(N)N1C(N)=O)C(=O)O. The number of nitrogens with two attached hydrogens (primary N) is 4. The number of carboxylic acid groups (broad SMARTS) is 1. The number of nitrogens with zero attached hydrogens (tertiary/aromatic N) is 2. The van der Waals surface area contributed by atoms with Gasteiger partial charge < -0.3 is 48.9 Å². The minimum Gasteiger partial charge on any atom is -0.480 e. The van der Waals surface area contributed by atoms with Crippen LogP contribution < -0.4 is 33.6 Å². The van der Waals surface area contributed by atoms with Crippen LogP contribution >= 0.6 is 0 Å². The molecule has 0 saturated heterocycles. The van der Waals surface area contributed by atoms with E-state index in [1.54, 1.807) is 13.8 Å². The van der Waals surface area contributed by atoms with Crippen molar-refractivity contribution in [2.45, 2.75) is 82.5 Å². The van der Waals surface area contributed by atoms with Crippen LogP contribution in [-0.2, 0) is 14.4 Å². The van der Waals surface area contributed by atoms with Gasteiger partial charge in [0.05, 0.1) is 30.8 Å². The first-order valence-corrected chi connectivity index (χ1v) is 11.3. The van der Waals surface area contributed by atoms with E-state index in [1.807, 2.05) is 0 Å². The number of hydrogen-bond acceptors (Lipinski definition) is 10. The molecule has 7 atom stereocenters. The molecule has 15 heteroatoms. The zero-order valence-electron chi connectivity index (χ0n) is 20.1. The summed E-state index contributed by atoms with van der Waals surface area (Å²) in [6, 6.07) is -5.75. The molecule has 0 aromatic rings. The molecule has 0 aromatic heterocycles. The van der Waals surface area contributed by atoms with Crippen molar-refractivity contribution in [2.75, 3.05) is 6.54 Å². The summed E-state index contributed by atoms with van der Waals surface area (Å²) in [4.78, 5) is 52.3. The van der Waals surface area contributed by atoms with Crippen LogP contribution in [0.5, 0.6) is 0 Å². The molecule has 0 aromatic carbocycles. The van der Waals surface area contributed by atoms with Crippen LogP contribution in [0.1, 0.15) is 40.0 Å². The molecule has 0 spiro atoms. The standard InChI is InChI=1S/C20H38N8O7/c1-8(2)15(18(33)34)27-16(31)9(3)26-17(32)14(22)11(21)4-5-12(29)13(30)6-10-7-25-19(23)28(10)20(24)35/h8-15,29-30H,4-7,21-22H2,1-3H3,(H2,23,25)(H2,24,35)(H,26,32)(H,27,31)(H,33,34)/t9-,10?,11?,12?,13?,14?,15?/m0/s1. The lowest BCUT2D eigenvalue weighted by atomic mass is 9.96. The number of carboxylic acids is 1. The van der Waals surface area contributed by atoms with E-state index < -0.39 is 66.2 Å². The molecule has 0 radical (unpaired) electrons. The third-order valence-corrected chi connectivity index (χ3v) is 5.81. The molecule has 1 heterocycles. The summed E-state index contributed by atoms with van der Waals surface area (Å²) in [5, 5.41) is 34.5. The molecule has 0 bridgehead atoms. The van der Waals surface area contributed by atoms with Gasteiger partial charge in [-0.1, -0.05) is 13.8 Å². The summed E-state index contributed by atoms with van der Waals surface area (Å²) in [6.45, 7) is 4.78. The molecule has 4 amide bonds. The van der Waals surface area contributed by atoms with E-state index in [4.69, 9.17) is 22.9 Å². The molecule has 0 saturated carbocycles. The van der Waals surface area contributed by atoms with E-state index in [1.165, 1.54) is 6.92 Å². The van der Waals surface area contributed by atoms with E-state index in [0.29, 0.717) is 0 Å². The molecule has 13 N–H and O–H groups in total. The topological polar surface area (TPSA) is 273 Å². The first-order valence-electron chi connectivity index (χ1n) is 11.3. The van der Waals surface area contributed by atoms with Crippen molar-refractivity contribution in [3.8, 4) is 0 Å². The Balaban J connectivity index is 2.52. The van der Waals surface area contributed by atoms with E-state index in [9.17, 15) is 34.5 Å². The van der Waals surface area contributed by atoms with Gasteiger partial charge in [0.2, 0.25) is 11.8 Å². The van der Waals surface area contributed by atoms with Gasteiger partial charge in [-0.05, 0) is 32.1 Å². The molecular formula is C20H38N8O7. The highest BCUT2D eigenvalue weighted by atomic mass is 16.4. The number of rotatable bonds is 13. The number of guanidine groups is 1. The molecule has 35 heavy (non-hydrogen) atoms. The quantitative estimate of drug-likeness (QED) is 0.119. The van der Waals surface area contributed by atoms with E-state index in [2.05, 4.69) is 15.6 Å². The van der Waals surface area contributed by atoms with Crippen LogP contribution in [0.4, 0.5) is 4.79 Å². The Bertz CT molecular complexity index is 808. The van der Waals surface area contributed by atoms with Crippen molar-refractivity contribution < 1.29 is 34.5 Å². The van der Waals surface area contributed by atoms with Gasteiger partial charge in [-0.15, -0.1) is 0 Å². The first kappa shape index (κ1) is 30.0. The number of aliphatic hydroxyl groups excluding tert-OH is 2. The number of carbonyl (C=O) groups excluding carboxylic acids is 3. The Morgan fingerprint density at radius 1 is 1.06 bits per heavy atom. The number of hydrogen-bond donors (Lipinski definition) is 9. The minimum atomic E-state index is -1.24. The molecule has 0 fully saturated rings. The molecular weight excluding hydrogens is 464 g/mol. The normalized spacial score (nSPS) is 20.9. The zero-order valence-corrected chi connectivity index (χ0v) is 20.1. The van der Waals surface area contributed by atoms with Crippen molar-refractivity contribution in [3.63, 3.8) is 0 Å². The third-order valence-electron chi connectivity index (χ3n) is 5.81. The summed E-state index contributed by atoms with van der Waals surface area (Å²) >= 11 is 0. The van der Waals surface area contributed by atoms with Crippen molar-refractivity contribution in [3.05, 3.63) is 0 Å². The number of aliphatic imine (C=N–C) groups is 1. The van der Waals surface area contributed by atoms with E-state index in [-0.39, 0.29) is 37.7 Å². The van der Waals surface area contributed by atoms with Crippen LogP contribution in [0.3, 0.4) is 0 Å². The van der Waals surface area contributed by atoms with Crippen molar-refractivity contribution in [1.29, 1.82) is 0 Å². The van der Waals surface area contributed by atoms with Crippen molar-refractivity contribution in [2.24, 2.45) is 33.8 Å². The van der Waals surface area contributed by atoms with Gasteiger partial charge in [0.25, 0.3) is 0 Å². The number of carbonyl (C=O) groups is 4. The average Bonchev–Trinajstić information content (AvgIpc) is 3.13. The fraction of sp³-hybridized carbons (Fsp3) is 0.750. The van der Waals surface area contributed by atoms with Crippen LogP contribution in [0.2, 0.25) is 0 Å². The Labute approximate surface area is 203 Å². The maximum atomic E-state index is 12.4. The fourth-order valence-corrected chi connectivity index (χ4v) is 3.55. The van der Waals surface area contributed by atoms with Crippen LogP contribution in [0, 0.1) is 5.92 Å². The molecule has 200 valence electrons. The van der Waals surface area contributed by atoms with Gasteiger partial charge in [-0.3, -0.25) is 19.5 Å². The van der Waals surface area contributed by atoms with Crippen molar-refractivity contribution >= 4 is 29.8 Å². The first-order chi connectivity index (χ1) is 16.2. The van der Waals surface area contributed by atoms with Crippen LogP contribution in [0.25, 0.3) is 0 Å². The molecule has 1 aliphatic heterocycles. The van der Waals surface area contributed by atoms with Crippen LogP contribution in [-0.4, -0.2) is 99.0 Å². The Kier molecular flexibility index (Phi) is 11.3. The number of primary amides is 1. The van der Waals surface area contributed by atoms with Gasteiger partial charge in [0, 0.05) is 6.04 Å². The average molecular weight is 503 g/mol. The lowest BCUT2D eigenvalue weighted by molar-refractivity contribution is -0.143. The molecule has 6 unspecified atom stereocenters. The molecule has 1 aliphatic rings. The zero-order chi connectivity index (χ0) is 27.0. The highest BCUT2D eigenvalue weighted by molar-refractivity contribution is 5.96. The lowest BCUT2D eigenvalue weighted by Gasteiger charge is -2.27. The molecule has 15 nitrogen and oxygen atoms in total. The number of aliphatic hydroxyl groups is 2. The predicted octanol–water partition coefficient (Wildman–Crippen LogP) is -3.66. The smallest absolute Gasteiger partial charge is 0.326 e. The summed E-state index contributed by atoms with van der Waals surface area (Å²) in [5.41, 5.74) is 22.7. The lowest BCUT2D eigenvalue weighted by Crippen LogP contribution is -2.57. The summed E-state index contributed by atoms with van der Waals surface area (Å²) < 4.78 is 0. The number of nitrogens with one attached hydrogen (secondary N) is 2. The highest BCUT2D eigenvalue weighted by Crippen LogP contribution is 2.17. The second kappa shape index (κ2) is 13.2. The largest absolute Gasteiger partial charge is 0.480 e. The van der Waals surface area contributed by atoms with Gasteiger partial charge in [0.1, 0.15) is 12.1 Å². The Morgan fingerprint density at radius 2 is 1.66 bits per heavy atom. The predicted molar refractivity (Wildman–Crippen MR) is 126 cm³/mol. The van der Waals surface area contributed by atoms with Gasteiger partial charge in [0.15, 0.2) is 5.96 Å². The number of amides is 4. The number of urea groups is 1. The number of aliphatic carboxylic acids is 1. The second-order valence-electron chi connectivity index (χ2n) is 9.00. The second-order valence-corrected chi connectivity index (χ2v) is 9.00. The fourth-order valence-electron chi connectivity index (χ4n) is 3.55. The van der Waals surface area contributed by atoms with Crippen LogP contribution in [0.15, 0.2) is 4.99 Å². The summed E-state index contributed by atoms with van der Waals surface area (Å²) in [7, 11) is 0. The molecule has 0 aliphatic carbocycles. The minimum absolute atomic E-state index is 0.00629. The van der Waals surface area contributed by atoms with E-state index >= 15 is 0 Å². The monoisotopic (exact) mass is 502 g/mol. The van der Waals surface area contributed by atoms with Gasteiger partial charge >= 0.3 is 12.0 Å². The van der Waals surface area contributed by atoms with Gasteiger partial charge in [-0.2, -0.15) is 0 Å². The maximum Gasteiger partial charge on any atom is 0.326 e. The van der Waals surface area contributed by atoms with Gasteiger partial charge in [-0.25, -0.2) is 9.59 Å². The van der Waals surface area contributed by atoms with E-state index in [0.717, 1.165) is 4.90 Å². The Hall–Kier alpha value is -3.01. The molecule has 1 rings (SSSR count). The van der Waals surface area contributed by atoms with Crippen molar-refractivity contribution in [1.82, 2.24) is 15.5 Å². The summed E-state index contributed by atoms with van der Waals surface area (Å²) in [5.74, 6) is -3.05. The maximum absolute atomic E-state index is 12.4. The Morgan fingerprint density at radius 3 is 2.17 bits per heavy atom.